The summed E-state index contributed by atoms with van der Waals surface area (Å²) < 4.78 is 0. The Morgan fingerprint density at radius 2 is 2.14 bits per heavy atom. The molecule has 1 rings (SSSR count). The van der Waals surface area contributed by atoms with E-state index in [0.717, 1.165) is 17.2 Å². The van der Waals surface area contributed by atoms with Gasteiger partial charge in [-0.25, -0.2) is 4.98 Å². The largest absolute Gasteiger partial charge is 0.357 e. The van der Waals surface area contributed by atoms with Gasteiger partial charge in [0, 0.05) is 10.9 Å². The summed E-state index contributed by atoms with van der Waals surface area (Å²) in [5.74, 6) is 0. The summed E-state index contributed by atoms with van der Waals surface area (Å²) in [5, 5.41) is 4.48. The third-order valence-corrected chi connectivity index (χ3v) is 3.64. The third kappa shape index (κ3) is 2.85. The number of nitrogens with one attached hydrogen (secondary N) is 1. The molecule has 0 aromatic carbocycles. The highest BCUT2D eigenvalue weighted by Gasteiger charge is 2.14. The van der Waals surface area contributed by atoms with Gasteiger partial charge in [0.1, 0.15) is 0 Å². The number of aryl methyl sites for hydroxylation is 2. The quantitative estimate of drug-likeness (QED) is 0.803. The van der Waals surface area contributed by atoms with E-state index in [4.69, 9.17) is 11.6 Å². The predicted octanol–water partition coefficient (Wildman–Crippen LogP) is 3.58. The summed E-state index contributed by atoms with van der Waals surface area (Å²) >= 11 is 7.75. The Hall–Kier alpha value is -0.280. The van der Waals surface area contributed by atoms with Gasteiger partial charge in [0.15, 0.2) is 5.13 Å². The molecule has 1 aromatic heterocycles. The van der Waals surface area contributed by atoms with Gasteiger partial charge >= 0.3 is 0 Å². The second-order valence-corrected chi connectivity index (χ2v) is 5.39. The molecule has 0 saturated heterocycles. The maximum Gasteiger partial charge on any atom is 0.183 e. The Kier molecular flexibility index (Phi) is 4.20. The number of aromatic nitrogens is 1. The maximum atomic E-state index is 6.05. The minimum atomic E-state index is 0.129. The highest BCUT2D eigenvalue weighted by atomic mass is 35.5. The van der Waals surface area contributed by atoms with Gasteiger partial charge < -0.3 is 5.32 Å². The average Bonchev–Trinajstić information content (AvgIpc) is 2.41. The van der Waals surface area contributed by atoms with Gasteiger partial charge in [-0.3, -0.25) is 0 Å². The summed E-state index contributed by atoms with van der Waals surface area (Å²) in [5.41, 5.74) is 1.11. The number of nitrogens with zero attached hydrogens (tertiary/aromatic N) is 1. The highest BCUT2D eigenvalue weighted by Crippen LogP contribution is 2.23. The number of anilines is 1. The zero-order valence-corrected chi connectivity index (χ0v) is 10.7. The molecule has 0 radical (unpaired) electrons. The van der Waals surface area contributed by atoms with Gasteiger partial charge in [-0.05, 0) is 27.2 Å². The average molecular weight is 233 g/mol. The lowest BCUT2D eigenvalue weighted by Gasteiger charge is -2.18. The molecule has 0 saturated carbocycles. The normalized spacial score (nSPS) is 15.2. The minimum Gasteiger partial charge on any atom is -0.357 e. The first-order valence-electron chi connectivity index (χ1n) is 4.89. The van der Waals surface area contributed by atoms with Crippen molar-refractivity contribution in [3.05, 3.63) is 10.6 Å². The van der Waals surface area contributed by atoms with Crippen molar-refractivity contribution >= 4 is 28.1 Å². The molecule has 1 N–H and O–H groups in total. The molecule has 0 amide bonds. The Morgan fingerprint density at radius 1 is 1.50 bits per heavy atom. The van der Waals surface area contributed by atoms with Gasteiger partial charge in [-0.15, -0.1) is 22.9 Å². The van der Waals surface area contributed by atoms with E-state index in [1.54, 1.807) is 11.3 Å². The molecule has 0 aliphatic rings. The highest BCUT2D eigenvalue weighted by molar-refractivity contribution is 7.15. The lowest BCUT2D eigenvalue weighted by atomic mass is 10.2. The lowest BCUT2D eigenvalue weighted by molar-refractivity contribution is 0.678. The van der Waals surface area contributed by atoms with Crippen LogP contribution in [0, 0.1) is 13.8 Å². The fourth-order valence-corrected chi connectivity index (χ4v) is 2.35. The van der Waals surface area contributed by atoms with E-state index in [0.29, 0.717) is 6.04 Å². The molecule has 0 aliphatic carbocycles. The van der Waals surface area contributed by atoms with E-state index >= 15 is 0 Å². The van der Waals surface area contributed by atoms with Crippen LogP contribution in [0.3, 0.4) is 0 Å². The number of rotatable bonds is 4. The van der Waals surface area contributed by atoms with Gasteiger partial charge in [-0.2, -0.15) is 0 Å². The van der Waals surface area contributed by atoms with Crippen LogP contribution in [0.5, 0.6) is 0 Å². The molecular weight excluding hydrogens is 216 g/mol. The van der Waals surface area contributed by atoms with E-state index < -0.39 is 0 Å². The van der Waals surface area contributed by atoms with Gasteiger partial charge in [0.2, 0.25) is 0 Å². The Labute approximate surface area is 94.7 Å². The van der Waals surface area contributed by atoms with E-state index in [-0.39, 0.29) is 5.38 Å². The van der Waals surface area contributed by atoms with Crippen LogP contribution in [0.25, 0.3) is 0 Å². The summed E-state index contributed by atoms with van der Waals surface area (Å²) in [6, 6.07) is 0.307. The van der Waals surface area contributed by atoms with Crippen LogP contribution in [0.2, 0.25) is 0 Å². The van der Waals surface area contributed by atoms with Crippen LogP contribution in [0.4, 0.5) is 5.13 Å². The van der Waals surface area contributed by atoms with Crippen LogP contribution in [0.1, 0.15) is 30.8 Å². The SMILES string of the molecule is CCC(Nc1nc(C)c(C)s1)C(C)Cl. The van der Waals surface area contributed by atoms with Gasteiger partial charge in [0.25, 0.3) is 0 Å². The number of alkyl halides is 1. The Balaban J connectivity index is 2.67. The molecule has 80 valence electrons. The Bertz CT molecular complexity index is 277. The van der Waals surface area contributed by atoms with E-state index in [2.05, 4.69) is 24.1 Å². The first-order chi connectivity index (χ1) is 6.54. The topological polar surface area (TPSA) is 24.9 Å². The van der Waals surface area contributed by atoms with Crippen molar-refractivity contribution in [3.8, 4) is 0 Å². The van der Waals surface area contributed by atoms with Crippen molar-refractivity contribution < 1.29 is 0 Å². The third-order valence-electron chi connectivity index (χ3n) is 2.33. The standard InChI is InChI=1S/C10H17ClN2S/c1-5-9(6(2)11)13-10-12-7(3)8(4)14-10/h6,9H,5H2,1-4H3,(H,12,13). The van der Waals surface area contributed by atoms with E-state index in [1.807, 2.05) is 13.8 Å². The fourth-order valence-electron chi connectivity index (χ4n) is 1.23. The predicted molar refractivity (Wildman–Crippen MR) is 64.6 cm³/mol. The maximum absolute atomic E-state index is 6.05. The van der Waals surface area contributed by atoms with Crippen molar-refractivity contribution in [2.45, 2.75) is 45.5 Å². The molecule has 2 atom stereocenters. The molecule has 0 spiro atoms. The number of hydrogen-bond donors (Lipinski definition) is 1. The second-order valence-electron chi connectivity index (χ2n) is 3.50. The van der Waals surface area contributed by atoms with E-state index in [9.17, 15) is 0 Å². The van der Waals surface area contributed by atoms with Crippen molar-refractivity contribution in [1.29, 1.82) is 0 Å². The number of thiazole rings is 1. The van der Waals surface area contributed by atoms with Crippen LogP contribution >= 0.6 is 22.9 Å². The van der Waals surface area contributed by atoms with Crippen LogP contribution in [-0.4, -0.2) is 16.4 Å². The van der Waals surface area contributed by atoms with Gasteiger partial charge in [-0.1, -0.05) is 6.92 Å². The number of halogens is 1. The van der Waals surface area contributed by atoms with Crippen molar-refractivity contribution in [2.24, 2.45) is 0 Å². The molecule has 0 fully saturated rings. The molecule has 0 bridgehead atoms. The molecule has 1 heterocycles. The Morgan fingerprint density at radius 3 is 2.50 bits per heavy atom. The molecule has 1 aromatic rings. The molecule has 2 unspecified atom stereocenters. The summed E-state index contributed by atoms with van der Waals surface area (Å²) in [6.45, 7) is 8.26. The first kappa shape index (κ1) is 11.8. The molecule has 0 aliphatic heterocycles. The zero-order valence-electron chi connectivity index (χ0n) is 9.10. The molecule has 14 heavy (non-hydrogen) atoms. The van der Waals surface area contributed by atoms with Crippen molar-refractivity contribution in [1.82, 2.24) is 4.98 Å². The van der Waals surface area contributed by atoms with Crippen molar-refractivity contribution in [2.75, 3.05) is 5.32 Å². The zero-order chi connectivity index (χ0) is 10.7. The minimum absolute atomic E-state index is 0.129. The summed E-state index contributed by atoms with van der Waals surface area (Å²) in [4.78, 5) is 5.70. The molecular formula is C10H17ClN2S. The smallest absolute Gasteiger partial charge is 0.183 e. The molecule has 2 nitrogen and oxygen atoms in total. The first-order valence-corrected chi connectivity index (χ1v) is 6.14. The number of hydrogen-bond acceptors (Lipinski definition) is 3. The molecule has 4 heteroatoms. The van der Waals surface area contributed by atoms with Gasteiger partial charge in [0.05, 0.1) is 11.1 Å². The van der Waals surface area contributed by atoms with Crippen LogP contribution in [0.15, 0.2) is 0 Å². The van der Waals surface area contributed by atoms with Crippen LogP contribution in [-0.2, 0) is 0 Å². The lowest BCUT2D eigenvalue weighted by Crippen LogP contribution is -2.26. The summed E-state index contributed by atoms with van der Waals surface area (Å²) in [7, 11) is 0. The second kappa shape index (κ2) is 4.99. The fraction of sp³-hybridized carbons (Fsp3) is 0.700. The monoisotopic (exact) mass is 232 g/mol. The summed E-state index contributed by atoms with van der Waals surface area (Å²) in [6.07, 6.45) is 1.02. The van der Waals surface area contributed by atoms with Crippen molar-refractivity contribution in [3.63, 3.8) is 0 Å². The van der Waals surface area contributed by atoms with E-state index in [1.165, 1.54) is 4.88 Å². The van der Waals surface area contributed by atoms with Crippen LogP contribution < -0.4 is 5.32 Å².